The minimum Gasteiger partial charge on any atom is -0.875 e. The molecule has 0 fully saturated rings. The van der Waals surface area contributed by atoms with Gasteiger partial charge in [-0.3, -0.25) is 4.90 Å². The summed E-state index contributed by atoms with van der Waals surface area (Å²) in [7, 11) is 1.65. The zero-order valence-corrected chi connectivity index (χ0v) is 12.5. The topological polar surface area (TPSA) is 72.8 Å². The van der Waals surface area contributed by atoms with Crippen molar-refractivity contribution in [3.8, 4) is 5.75 Å². The van der Waals surface area contributed by atoms with E-state index in [0.29, 0.717) is 13.0 Å². The summed E-state index contributed by atoms with van der Waals surface area (Å²) in [5.74, 6) is -0.483. The normalized spacial score (nSPS) is 17.6. The first-order chi connectivity index (χ1) is 10.6. The Labute approximate surface area is 128 Å². The van der Waals surface area contributed by atoms with Crippen molar-refractivity contribution in [3.05, 3.63) is 40.0 Å². The van der Waals surface area contributed by atoms with Gasteiger partial charge in [0.25, 0.3) is 0 Å². The van der Waals surface area contributed by atoms with Crippen molar-refractivity contribution in [2.24, 2.45) is 0 Å². The van der Waals surface area contributed by atoms with Crippen LogP contribution in [0.5, 0.6) is 5.75 Å². The van der Waals surface area contributed by atoms with E-state index in [1.54, 1.807) is 7.11 Å². The van der Waals surface area contributed by atoms with Gasteiger partial charge in [0.1, 0.15) is 5.75 Å². The van der Waals surface area contributed by atoms with E-state index in [1.807, 2.05) is 23.1 Å². The second-order valence-electron chi connectivity index (χ2n) is 5.61. The molecule has 0 amide bonds. The molecule has 1 N–H and O–H groups in total. The van der Waals surface area contributed by atoms with Crippen LogP contribution in [-0.4, -0.2) is 42.7 Å². The van der Waals surface area contributed by atoms with Gasteiger partial charge in [-0.25, -0.2) is 4.79 Å². The third-order valence-electron chi connectivity index (χ3n) is 4.27. The Balaban J connectivity index is 1.66. The Kier molecular flexibility index (Phi) is 3.90. The lowest BCUT2D eigenvalue weighted by Crippen LogP contribution is -2.39. The number of methoxy groups -OCH3 is 1. The zero-order valence-electron chi connectivity index (χ0n) is 12.5. The van der Waals surface area contributed by atoms with Gasteiger partial charge in [0.2, 0.25) is 0 Å². The van der Waals surface area contributed by atoms with E-state index < -0.39 is 5.97 Å². The summed E-state index contributed by atoms with van der Waals surface area (Å²) in [6.45, 7) is 1.63. The molecule has 1 heterocycles. The van der Waals surface area contributed by atoms with Crippen LogP contribution >= 0.6 is 0 Å². The molecule has 5 nitrogen and oxygen atoms in total. The minimum atomic E-state index is -1.09. The number of benzene rings is 1. The fraction of sp³-hybridized carbons (Fsp3) is 0.353. The summed E-state index contributed by atoms with van der Waals surface area (Å²) in [6.07, 6.45) is 3.29. The van der Waals surface area contributed by atoms with Crippen LogP contribution in [0.2, 0.25) is 0 Å². The van der Waals surface area contributed by atoms with E-state index in [9.17, 15) is 9.90 Å². The molecule has 22 heavy (non-hydrogen) atoms. The summed E-state index contributed by atoms with van der Waals surface area (Å²) >= 11 is 0. The Morgan fingerprint density at radius 3 is 3.00 bits per heavy atom. The van der Waals surface area contributed by atoms with Crippen molar-refractivity contribution < 1.29 is 19.7 Å². The predicted molar refractivity (Wildman–Crippen MR) is 80.5 cm³/mol. The number of hydrogen-bond donors (Lipinski definition) is 1. The highest BCUT2D eigenvalue weighted by Crippen LogP contribution is 2.17. The lowest BCUT2D eigenvalue weighted by atomic mass is 9.96. The zero-order chi connectivity index (χ0) is 15.7. The molecule has 0 saturated carbocycles. The van der Waals surface area contributed by atoms with Gasteiger partial charge < -0.3 is 14.9 Å². The maximum Gasteiger partial charge on any atom is 0.331 e. The predicted octanol–water partition coefficient (Wildman–Crippen LogP) is -0.565. The summed E-state index contributed by atoms with van der Waals surface area (Å²) < 4.78 is 5.24. The summed E-state index contributed by atoms with van der Waals surface area (Å²) in [6, 6.07) is 6.00. The molecule has 0 aromatic heterocycles. The Morgan fingerprint density at radius 1 is 1.45 bits per heavy atom. The number of nitrogens with zero attached hydrogens (tertiary/aromatic N) is 1. The lowest BCUT2D eigenvalue weighted by molar-refractivity contribution is -0.310. The Bertz CT molecular complexity index is 763. The quantitative estimate of drug-likeness (QED) is 0.789. The smallest absolute Gasteiger partial charge is 0.331 e. The highest BCUT2D eigenvalue weighted by Gasteiger charge is 2.19. The van der Waals surface area contributed by atoms with Gasteiger partial charge in [-0.2, -0.15) is 0 Å². The van der Waals surface area contributed by atoms with Crippen LogP contribution < -0.4 is 20.3 Å². The average molecular weight is 300 g/mol. The molecule has 1 aliphatic heterocycles. The average Bonchev–Trinajstić information content (AvgIpc) is 2.49. The third kappa shape index (κ3) is 2.72. The number of rotatable bonds is 5. The molecular weight excluding hydrogens is 282 g/mol. The van der Waals surface area contributed by atoms with Gasteiger partial charge in [0.05, 0.1) is 7.11 Å². The van der Waals surface area contributed by atoms with Crippen LogP contribution in [0.3, 0.4) is 0 Å². The number of carboxylic acid groups (broad SMARTS) is 1. The molecule has 1 aromatic rings. The molecule has 0 radical (unpaired) electrons. The van der Waals surface area contributed by atoms with Gasteiger partial charge in [0, 0.05) is 25.2 Å². The number of fused-ring (bicyclic) bond motifs is 1. The standard InChI is InChI=1S/C17H19NO4/c1-22-13-3-2-11-8-12(14(11)9-13)4-6-18-7-5-16(19)15(10-18)17(20)21/h2-3,8-9,19H,4-7,10H2,1H3,(H,20,21)/p-1. The number of carbonyl (C=O) groups is 1. The second-order valence-corrected chi connectivity index (χ2v) is 5.61. The van der Waals surface area contributed by atoms with Gasteiger partial charge in [0.15, 0.2) is 0 Å². The number of aliphatic carboxylic acids is 1. The molecule has 3 rings (SSSR count). The number of ether oxygens (including phenoxy) is 1. The molecular formula is C17H18NO4-. The van der Waals surface area contributed by atoms with Gasteiger partial charge >= 0.3 is 5.97 Å². The van der Waals surface area contributed by atoms with Crippen molar-refractivity contribution in [1.82, 2.24) is 4.90 Å². The Hall–Kier alpha value is -2.27. The first-order valence-electron chi connectivity index (χ1n) is 7.32. The second kappa shape index (κ2) is 5.85. The van der Waals surface area contributed by atoms with Crippen LogP contribution in [-0.2, 0) is 4.79 Å². The van der Waals surface area contributed by atoms with Crippen molar-refractivity contribution in [2.45, 2.75) is 12.8 Å². The fourth-order valence-corrected chi connectivity index (χ4v) is 2.92. The largest absolute Gasteiger partial charge is 0.875 e. The van der Waals surface area contributed by atoms with Gasteiger partial charge in [-0.1, -0.05) is 12.1 Å². The SMILES string of the molecule is COc1ccc2c(c1)=C(CCN1CCC([O-])=C(C(=O)O)C1)C=2. The monoisotopic (exact) mass is 300 g/mol. The Morgan fingerprint density at radius 2 is 2.27 bits per heavy atom. The van der Waals surface area contributed by atoms with E-state index in [-0.39, 0.29) is 17.9 Å². The van der Waals surface area contributed by atoms with Crippen LogP contribution in [0.25, 0.3) is 11.6 Å². The van der Waals surface area contributed by atoms with E-state index in [1.165, 1.54) is 16.0 Å². The van der Waals surface area contributed by atoms with Crippen molar-refractivity contribution in [1.29, 1.82) is 0 Å². The molecule has 0 bridgehead atoms. The molecule has 1 aromatic carbocycles. The highest BCUT2D eigenvalue weighted by molar-refractivity contribution is 5.87. The van der Waals surface area contributed by atoms with Crippen LogP contribution in [0.15, 0.2) is 29.5 Å². The summed E-state index contributed by atoms with van der Waals surface area (Å²) in [4.78, 5) is 13.1. The molecule has 0 unspecified atom stereocenters. The molecule has 0 atom stereocenters. The van der Waals surface area contributed by atoms with E-state index in [4.69, 9.17) is 9.84 Å². The molecule has 1 aliphatic carbocycles. The van der Waals surface area contributed by atoms with E-state index >= 15 is 0 Å². The fourth-order valence-electron chi connectivity index (χ4n) is 2.92. The third-order valence-corrected chi connectivity index (χ3v) is 4.27. The van der Waals surface area contributed by atoms with E-state index in [2.05, 4.69) is 6.08 Å². The molecule has 116 valence electrons. The van der Waals surface area contributed by atoms with Crippen LogP contribution in [0, 0.1) is 0 Å². The van der Waals surface area contributed by atoms with Gasteiger partial charge in [-0.15, -0.1) is 5.76 Å². The minimum absolute atomic E-state index is 0.0101. The van der Waals surface area contributed by atoms with Crippen molar-refractivity contribution >= 4 is 17.6 Å². The first-order valence-corrected chi connectivity index (χ1v) is 7.32. The maximum atomic E-state index is 11.6. The van der Waals surface area contributed by atoms with Gasteiger partial charge in [-0.05, 0) is 41.0 Å². The number of carboxylic acids is 1. The highest BCUT2D eigenvalue weighted by atomic mass is 16.5. The van der Waals surface area contributed by atoms with E-state index in [0.717, 1.165) is 18.7 Å². The summed E-state index contributed by atoms with van der Waals surface area (Å²) in [5, 5.41) is 23.0. The van der Waals surface area contributed by atoms with Crippen LogP contribution in [0.1, 0.15) is 12.8 Å². The molecule has 0 saturated heterocycles. The maximum absolute atomic E-state index is 11.6. The first kappa shape index (κ1) is 14.7. The molecule has 5 heteroatoms. The lowest BCUT2D eigenvalue weighted by Gasteiger charge is -2.32. The van der Waals surface area contributed by atoms with Crippen molar-refractivity contribution in [2.75, 3.05) is 26.7 Å². The van der Waals surface area contributed by atoms with Crippen molar-refractivity contribution in [3.63, 3.8) is 0 Å². The molecule has 0 spiro atoms. The number of hydrogen-bond acceptors (Lipinski definition) is 4. The molecule has 2 aliphatic rings. The van der Waals surface area contributed by atoms with Crippen LogP contribution in [0.4, 0.5) is 0 Å². The summed E-state index contributed by atoms with van der Waals surface area (Å²) in [5.41, 5.74) is 1.26.